The van der Waals surface area contributed by atoms with Gasteiger partial charge in [0.2, 0.25) is 0 Å². The maximum Gasteiger partial charge on any atom is 0.101 e. The highest BCUT2D eigenvalue weighted by Gasteiger charge is 2.04. The second-order valence-corrected chi connectivity index (χ2v) is 3.30. The van der Waals surface area contributed by atoms with E-state index in [0.29, 0.717) is 0 Å². The minimum atomic E-state index is 0.748. The van der Waals surface area contributed by atoms with Crippen LogP contribution in [-0.4, -0.2) is 4.40 Å². The summed E-state index contributed by atoms with van der Waals surface area (Å²) < 4.78 is 2.00. The number of hydrogen-bond acceptors (Lipinski definition) is 1. The second kappa shape index (κ2) is 2.63. The van der Waals surface area contributed by atoms with E-state index in [1.54, 1.807) is 0 Å². The average Bonchev–Trinajstić information content (AvgIpc) is 2.47. The van der Waals surface area contributed by atoms with Gasteiger partial charge in [-0.1, -0.05) is 6.07 Å². The Morgan fingerprint density at radius 2 is 2.15 bits per heavy atom. The molecule has 0 saturated heterocycles. The van der Waals surface area contributed by atoms with Crippen molar-refractivity contribution in [2.45, 2.75) is 13.8 Å². The summed E-state index contributed by atoms with van der Waals surface area (Å²) in [6.07, 6.45) is 3.96. The fourth-order valence-corrected chi connectivity index (χ4v) is 1.73. The molecule has 2 rings (SSSR count). The number of pyridine rings is 1. The number of hydrogen-bond donors (Lipinski definition) is 0. The third kappa shape index (κ3) is 1.09. The van der Waals surface area contributed by atoms with Crippen molar-refractivity contribution in [3.63, 3.8) is 0 Å². The second-order valence-electron chi connectivity index (χ2n) is 3.30. The molecule has 0 spiro atoms. The van der Waals surface area contributed by atoms with Crippen molar-refractivity contribution in [3.8, 4) is 6.07 Å². The van der Waals surface area contributed by atoms with Crippen LogP contribution >= 0.6 is 0 Å². The van der Waals surface area contributed by atoms with Gasteiger partial charge in [0, 0.05) is 12.4 Å². The number of nitrogens with zero attached hydrogens (tertiary/aromatic N) is 2. The molecule has 0 aliphatic heterocycles. The van der Waals surface area contributed by atoms with Crippen LogP contribution in [0.5, 0.6) is 0 Å². The summed E-state index contributed by atoms with van der Waals surface area (Å²) in [6.45, 7) is 4.08. The Morgan fingerprint density at radius 3 is 2.85 bits per heavy atom. The highest BCUT2D eigenvalue weighted by Crippen LogP contribution is 2.17. The Kier molecular flexibility index (Phi) is 1.60. The zero-order chi connectivity index (χ0) is 9.42. The van der Waals surface area contributed by atoms with Gasteiger partial charge in [-0.2, -0.15) is 5.26 Å². The highest BCUT2D eigenvalue weighted by molar-refractivity contribution is 5.66. The topological polar surface area (TPSA) is 28.2 Å². The molecule has 0 aliphatic rings. The van der Waals surface area contributed by atoms with Crippen LogP contribution < -0.4 is 0 Å². The first-order valence-electron chi connectivity index (χ1n) is 4.20. The van der Waals surface area contributed by atoms with Gasteiger partial charge in [-0.15, -0.1) is 0 Å². The first kappa shape index (κ1) is 7.88. The van der Waals surface area contributed by atoms with E-state index in [-0.39, 0.29) is 0 Å². The van der Waals surface area contributed by atoms with E-state index in [1.165, 1.54) is 5.56 Å². The van der Waals surface area contributed by atoms with E-state index in [4.69, 9.17) is 5.26 Å². The summed E-state index contributed by atoms with van der Waals surface area (Å²) in [5.41, 5.74) is 4.14. The zero-order valence-electron chi connectivity index (χ0n) is 7.70. The van der Waals surface area contributed by atoms with Crippen molar-refractivity contribution in [3.05, 3.63) is 41.2 Å². The number of fused-ring (bicyclic) bond motifs is 1. The van der Waals surface area contributed by atoms with Gasteiger partial charge in [0.15, 0.2) is 0 Å². The molecule has 0 fully saturated rings. The fourth-order valence-electron chi connectivity index (χ4n) is 1.73. The molecule has 2 nitrogen and oxygen atoms in total. The molecular formula is C11H10N2. The van der Waals surface area contributed by atoms with E-state index >= 15 is 0 Å². The molecule has 0 amide bonds. The number of rotatable bonds is 0. The number of aryl methyl sites for hydroxylation is 2. The lowest BCUT2D eigenvalue weighted by atomic mass is 10.1. The largest absolute Gasteiger partial charge is 0.322 e. The highest BCUT2D eigenvalue weighted by atomic mass is 14.9. The molecular weight excluding hydrogens is 160 g/mol. The van der Waals surface area contributed by atoms with Crippen molar-refractivity contribution >= 4 is 5.52 Å². The van der Waals surface area contributed by atoms with Crippen molar-refractivity contribution in [1.29, 1.82) is 5.26 Å². The molecule has 2 aromatic rings. The summed E-state index contributed by atoms with van der Waals surface area (Å²) in [6, 6.07) is 6.13. The molecule has 0 atom stereocenters. The SMILES string of the molecule is Cc1cc(C)c2c(C#N)ccn2c1. The van der Waals surface area contributed by atoms with Gasteiger partial charge < -0.3 is 4.40 Å². The lowest BCUT2D eigenvalue weighted by Crippen LogP contribution is -1.88. The summed E-state index contributed by atoms with van der Waals surface area (Å²) >= 11 is 0. The molecule has 0 radical (unpaired) electrons. The summed E-state index contributed by atoms with van der Waals surface area (Å²) in [7, 11) is 0. The standard InChI is InChI=1S/C11H10N2/c1-8-5-9(2)11-10(6-12)3-4-13(11)7-8/h3-5,7H,1-2H3. The van der Waals surface area contributed by atoms with Gasteiger partial charge in [0.05, 0.1) is 11.1 Å². The van der Waals surface area contributed by atoms with Crippen LogP contribution in [0.3, 0.4) is 0 Å². The van der Waals surface area contributed by atoms with Gasteiger partial charge in [-0.3, -0.25) is 0 Å². The van der Waals surface area contributed by atoms with Gasteiger partial charge in [-0.25, -0.2) is 0 Å². The van der Waals surface area contributed by atoms with Crippen molar-refractivity contribution in [2.24, 2.45) is 0 Å². The molecule has 2 aromatic heterocycles. The summed E-state index contributed by atoms with van der Waals surface area (Å²) in [5.74, 6) is 0. The van der Waals surface area contributed by atoms with Crippen molar-refractivity contribution in [1.82, 2.24) is 4.40 Å². The van der Waals surface area contributed by atoms with Gasteiger partial charge in [-0.05, 0) is 31.0 Å². The average molecular weight is 170 g/mol. The predicted octanol–water partition coefficient (Wildman–Crippen LogP) is 2.43. The van der Waals surface area contributed by atoms with Crippen molar-refractivity contribution < 1.29 is 0 Å². The lowest BCUT2D eigenvalue weighted by molar-refractivity contribution is 1.15. The third-order valence-corrected chi connectivity index (χ3v) is 2.20. The molecule has 0 N–H and O–H groups in total. The van der Waals surface area contributed by atoms with E-state index in [1.807, 2.05) is 29.8 Å². The van der Waals surface area contributed by atoms with Gasteiger partial charge >= 0.3 is 0 Å². The quantitative estimate of drug-likeness (QED) is 0.596. The van der Waals surface area contributed by atoms with Crippen LogP contribution in [0.15, 0.2) is 24.5 Å². The zero-order valence-corrected chi connectivity index (χ0v) is 7.70. The summed E-state index contributed by atoms with van der Waals surface area (Å²) in [4.78, 5) is 0. The van der Waals surface area contributed by atoms with Crippen LogP contribution in [0.4, 0.5) is 0 Å². The minimum Gasteiger partial charge on any atom is -0.322 e. The Labute approximate surface area is 77.0 Å². The Morgan fingerprint density at radius 1 is 1.38 bits per heavy atom. The normalized spacial score (nSPS) is 10.2. The minimum absolute atomic E-state index is 0.748. The maximum absolute atomic E-state index is 8.85. The molecule has 64 valence electrons. The number of aromatic nitrogens is 1. The smallest absolute Gasteiger partial charge is 0.101 e. The molecule has 0 saturated carbocycles. The maximum atomic E-state index is 8.85. The molecule has 13 heavy (non-hydrogen) atoms. The van der Waals surface area contributed by atoms with Crippen LogP contribution in [0.25, 0.3) is 5.52 Å². The molecule has 0 aromatic carbocycles. The monoisotopic (exact) mass is 170 g/mol. The van der Waals surface area contributed by atoms with Crippen molar-refractivity contribution in [2.75, 3.05) is 0 Å². The van der Waals surface area contributed by atoms with Crippen LogP contribution in [0, 0.1) is 25.2 Å². The van der Waals surface area contributed by atoms with Gasteiger partial charge in [0.25, 0.3) is 0 Å². The Balaban J connectivity index is 2.92. The van der Waals surface area contributed by atoms with E-state index < -0.39 is 0 Å². The third-order valence-electron chi connectivity index (χ3n) is 2.20. The molecule has 2 heteroatoms. The number of nitriles is 1. The van der Waals surface area contributed by atoms with E-state index in [9.17, 15) is 0 Å². The van der Waals surface area contributed by atoms with Gasteiger partial charge in [0.1, 0.15) is 6.07 Å². The lowest BCUT2D eigenvalue weighted by Gasteiger charge is -2.01. The Bertz CT molecular complexity index is 501. The molecule has 2 heterocycles. The predicted molar refractivity (Wildman–Crippen MR) is 51.6 cm³/mol. The van der Waals surface area contributed by atoms with E-state index in [0.717, 1.165) is 16.6 Å². The summed E-state index contributed by atoms with van der Waals surface area (Å²) in [5, 5.41) is 8.85. The van der Waals surface area contributed by atoms with E-state index in [2.05, 4.69) is 19.1 Å². The van der Waals surface area contributed by atoms with Crippen LogP contribution in [0.1, 0.15) is 16.7 Å². The molecule has 0 bridgehead atoms. The first-order chi connectivity index (χ1) is 6.22. The molecule has 0 unspecified atom stereocenters. The van der Waals surface area contributed by atoms with Crippen LogP contribution in [-0.2, 0) is 0 Å². The molecule has 0 aliphatic carbocycles. The first-order valence-corrected chi connectivity index (χ1v) is 4.20. The van der Waals surface area contributed by atoms with Crippen LogP contribution in [0.2, 0.25) is 0 Å². The fraction of sp³-hybridized carbons (Fsp3) is 0.182. The Hall–Kier alpha value is -1.75.